The fourth-order valence-corrected chi connectivity index (χ4v) is 1.66. The molecule has 0 aliphatic rings. The second-order valence-corrected chi connectivity index (χ2v) is 4.02. The van der Waals surface area contributed by atoms with Gasteiger partial charge in [0, 0.05) is 22.5 Å². The Kier molecular flexibility index (Phi) is 2.91. The highest BCUT2D eigenvalue weighted by molar-refractivity contribution is 5.69. The van der Waals surface area contributed by atoms with E-state index in [1.165, 1.54) is 0 Å². The third-order valence-corrected chi connectivity index (χ3v) is 2.88. The van der Waals surface area contributed by atoms with Crippen LogP contribution in [0.25, 0.3) is 0 Å². The number of aromatic hydroxyl groups is 2. The average Bonchev–Trinajstić information content (AvgIpc) is 2.31. The van der Waals surface area contributed by atoms with Crippen LogP contribution in [-0.2, 0) is 0 Å². The lowest BCUT2D eigenvalue weighted by atomic mass is 10.1. The first kappa shape index (κ1) is 11.3. The normalized spacial score (nSPS) is 10.2. The first-order valence-electron chi connectivity index (χ1n) is 5.44. The molecule has 3 N–H and O–H groups in total. The van der Waals surface area contributed by atoms with E-state index in [1.807, 2.05) is 26.0 Å². The molecule has 0 fully saturated rings. The highest BCUT2D eigenvalue weighted by atomic mass is 16.3. The lowest BCUT2D eigenvalue weighted by Gasteiger charge is -2.13. The third-order valence-electron chi connectivity index (χ3n) is 2.88. The van der Waals surface area contributed by atoms with Crippen molar-refractivity contribution in [1.29, 1.82) is 0 Å². The van der Waals surface area contributed by atoms with E-state index in [2.05, 4.69) is 5.32 Å². The van der Waals surface area contributed by atoms with E-state index in [-0.39, 0.29) is 11.5 Å². The molecule has 0 radical (unpaired) electrons. The number of rotatable bonds is 2. The van der Waals surface area contributed by atoms with Gasteiger partial charge in [0.05, 0.1) is 0 Å². The van der Waals surface area contributed by atoms with Crippen molar-refractivity contribution < 1.29 is 10.2 Å². The Bertz CT molecular complexity index is 500. The van der Waals surface area contributed by atoms with Crippen molar-refractivity contribution in [2.45, 2.75) is 13.8 Å². The maximum atomic E-state index is 9.61. The highest BCUT2D eigenvalue weighted by Crippen LogP contribution is 2.30. The van der Waals surface area contributed by atoms with E-state index < -0.39 is 0 Å². The van der Waals surface area contributed by atoms with Gasteiger partial charge in [-0.05, 0) is 38.1 Å². The molecule has 17 heavy (non-hydrogen) atoms. The Balaban J connectivity index is 2.38. The topological polar surface area (TPSA) is 52.5 Å². The molecule has 0 bridgehead atoms. The number of phenolic OH excluding ortho intramolecular Hbond substituents is 2. The Morgan fingerprint density at radius 2 is 1.18 bits per heavy atom. The molecule has 2 aromatic rings. The molecule has 0 spiro atoms. The predicted molar refractivity (Wildman–Crippen MR) is 69.0 cm³/mol. The zero-order valence-electron chi connectivity index (χ0n) is 9.86. The molecule has 0 aliphatic heterocycles. The van der Waals surface area contributed by atoms with Crippen molar-refractivity contribution in [1.82, 2.24) is 0 Å². The number of anilines is 2. The van der Waals surface area contributed by atoms with Crippen molar-refractivity contribution in [3.63, 3.8) is 0 Å². The van der Waals surface area contributed by atoms with Crippen molar-refractivity contribution in [2.24, 2.45) is 0 Å². The van der Waals surface area contributed by atoms with Crippen LogP contribution < -0.4 is 5.32 Å². The van der Waals surface area contributed by atoms with Crippen LogP contribution in [0.2, 0.25) is 0 Å². The zero-order chi connectivity index (χ0) is 12.4. The summed E-state index contributed by atoms with van der Waals surface area (Å²) in [5, 5.41) is 22.4. The molecule has 0 amide bonds. The smallest absolute Gasteiger partial charge is 0.120 e. The van der Waals surface area contributed by atoms with E-state index in [0.717, 1.165) is 22.5 Å². The standard InChI is InChI=1S/C14H15NO2/c1-9-11(5-3-7-13(9)16)15-12-6-4-8-14(17)10(12)2/h3-8,15-17H,1-2H3. The summed E-state index contributed by atoms with van der Waals surface area (Å²) in [4.78, 5) is 0. The van der Waals surface area contributed by atoms with Crippen molar-refractivity contribution in [3.8, 4) is 11.5 Å². The Labute approximate surface area is 100 Å². The molecule has 0 heterocycles. The number of nitrogens with one attached hydrogen (secondary N) is 1. The summed E-state index contributed by atoms with van der Waals surface area (Å²) in [6.07, 6.45) is 0. The fraction of sp³-hybridized carbons (Fsp3) is 0.143. The number of hydrogen-bond acceptors (Lipinski definition) is 3. The van der Waals surface area contributed by atoms with Gasteiger partial charge in [-0.2, -0.15) is 0 Å². The number of hydrogen-bond donors (Lipinski definition) is 3. The van der Waals surface area contributed by atoms with E-state index in [0.29, 0.717) is 0 Å². The van der Waals surface area contributed by atoms with E-state index in [9.17, 15) is 10.2 Å². The molecule has 3 nitrogen and oxygen atoms in total. The van der Waals surface area contributed by atoms with Gasteiger partial charge in [-0.1, -0.05) is 12.1 Å². The first-order chi connectivity index (χ1) is 8.09. The lowest BCUT2D eigenvalue weighted by Crippen LogP contribution is -1.95. The number of phenols is 2. The quantitative estimate of drug-likeness (QED) is 0.739. The second kappa shape index (κ2) is 4.37. The predicted octanol–water partition coefficient (Wildman–Crippen LogP) is 3.46. The minimum absolute atomic E-state index is 0.257. The monoisotopic (exact) mass is 229 g/mol. The summed E-state index contributed by atoms with van der Waals surface area (Å²) in [6.45, 7) is 3.69. The van der Waals surface area contributed by atoms with Crippen LogP contribution in [0, 0.1) is 13.8 Å². The average molecular weight is 229 g/mol. The summed E-state index contributed by atoms with van der Waals surface area (Å²) >= 11 is 0. The summed E-state index contributed by atoms with van der Waals surface area (Å²) < 4.78 is 0. The van der Waals surface area contributed by atoms with Crippen molar-refractivity contribution in [2.75, 3.05) is 5.32 Å². The van der Waals surface area contributed by atoms with Crippen LogP contribution in [0.15, 0.2) is 36.4 Å². The van der Waals surface area contributed by atoms with Crippen LogP contribution in [0.4, 0.5) is 11.4 Å². The van der Waals surface area contributed by atoms with Crippen LogP contribution in [0.3, 0.4) is 0 Å². The molecule has 0 atom stereocenters. The van der Waals surface area contributed by atoms with Gasteiger partial charge in [0.2, 0.25) is 0 Å². The molecule has 0 unspecified atom stereocenters. The molecule has 0 saturated carbocycles. The maximum Gasteiger partial charge on any atom is 0.120 e. The maximum absolute atomic E-state index is 9.61. The van der Waals surface area contributed by atoms with E-state index in [4.69, 9.17) is 0 Å². The van der Waals surface area contributed by atoms with E-state index in [1.54, 1.807) is 24.3 Å². The Morgan fingerprint density at radius 3 is 1.59 bits per heavy atom. The van der Waals surface area contributed by atoms with Crippen molar-refractivity contribution >= 4 is 11.4 Å². The lowest BCUT2D eigenvalue weighted by molar-refractivity contribution is 0.471. The summed E-state index contributed by atoms with van der Waals surface area (Å²) in [6, 6.07) is 10.6. The summed E-state index contributed by atoms with van der Waals surface area (Å²) in [5.74, 6) is 0.514. The fourth-order valence-electron chi connectivity index (χ4n) is 1.66. The van der Waals surface area contributed by atoms with E-state index >= 15 is 0 Å². The molecule has 0 saturated heterocycles. The van der Waals surface area contributed by atoms with Crippen LogP contribution >= 0.6 is 0 Å². The molecule has 88 valence electrons. The van der Waals surface area contributed by atoms with Gasteiger partial charge in [-0.3, -0.25) is 0 Å². The van der Waals surface area contributed by atoms with Gasteiger partial charge in [0.1, 0.15) is 11.5 Å². The van der Waals surface area contributed by atoms with Gasteiger partial charge in [0.15, 0.2) is 0 Å². The minimum atomic E-state index is 0.257. The van der Waals surface area contributed by atoms with Gasteiger partial charge in [0.25, 0.3) is 0 Å². The molecule has 0 aliphatic carbocycles. The van der Waals surface area contributed by atoms with Crippen LogP contribution in [-0.4, -0.2) is 10.2 Å². The summed E-state index contributed by atoms with van der Waals surface area (Å²) in [5.41, 5.74) is 3.24. The van der Waals surface area contributed by atoms with Crippen molar-refractivity contribution in [3.05, 3.63) is 47.5 Å². The highest BCUT2D eigenvalue weighted by Gasteiger charge is 2.06. The van der Waals surface area contributed by atoms with Gasteiger partial charge in [-0.15, -0.1) is 0 Å². The molecule has 2 aromatic carbocycles. The summed E-state index contributed by atoms with van der Waals surface area (Å²) in [7, 11) is 0. The minimum Gasteiger partial charge on any atom is -0.508 e. The molecular weight excluding hydrogens is 214 g/mol. The SMILES string of the molecule is Cc1c(O)cccc1Nc1cccc(O)c1C. The van der Waals surface area contributed by atoms with Gasteiger partial charge in [-0.25, -0.2) is 0 Å². The van der Waals surface area contributed by atoms with Crippen LogP contribution in [0.5, 0.6) is 11.5 Å². The molecule has 0 aromatic heterocycles. The molecule has 3 heteroatoms. The Hall–Kier alpha value is -2.16. The molecule has 2 rings (SSSR count). The first-order valence-corrected chi connectivity index (χ1v) is 5.44. The Morgan fingerprint density at radius 1 is 0.765 bits per heavy atom. The molecular formula is C14H15NO2. The zero-order valence-corrected chi connectivity index (χ0v) is 9.86. The third kappa shape index (κ3) is 2.18. The number of benzene rings is 2. The van der Waals surface area contributed by atoms with Crippen LogP contribution in [0.1, 0.15) is 11.1 Å². The van der Waals surface area contributed by atoms with Gasteiger partial charge >= 0.3 is 0 Å². The largest absolute Gasteiger partial charge is 0.508 e. The second-order valence-electron chi connectivity index (χ2n) is 4.02. The van der Waals surface area contributed by atoms with Gasteiger partial charge < -0.3 is 15.5 Å².